The van der Waals surface area contributed by atoms with E-state index in [-0.39, 0.29) is 6.09 Å². The molecule has 3 unspecified atom stereocenters. The molecule has 0 radical (unpaired) electrons. The fourth-order valence-electron chi connectivity index (χ4n) is 2.95. The van der Waals surface area contributed by atoms with Crippen LogP contribution < -0.4 is 10.6 Å². The van der Waals surface area contributed by atoms with Crippen LogP contribution in [0.2, 0.25) is 0 Å². The van der Waals surface area contributed by atoms with Gasteiger partial charge in [0, 0.05) is 24.4 Å². The molecular formula is C18H36N2O2S. The van der Waals surface area contributed by atoms with Gasteiger partial charge in [-0.05, 0) is 51.2 Å². The number of hydrogen-bond donors (Lipinski definition) is 2. The molecule has 0 aromatic rings. The van der Waals surface area contributed by atoms with Gasteiger partial charge in [0.1, 0.15) is 5.60 Å². The molecule has 3 atom stereocenters. The Hall–Kier alpha value is -0.420. The Kier molecular flexibility index (Phi) is 8.76. The number of carbonyl (C=O) groups is 1. The van der Waals surface area contributed by atoms with Crippen LogP contribution in [0.1, 0.15) is 60.8 Å². The van der Waals surface area contributed by atoms with E-state index in [1.54, 1.807) is 0 Å². The molecule has 0 heterocycles. The van der Waals surface area contributed by atoms with E-state index in [4.69, 9.17) is 4.74 Å². The normalized spacial score (nSPS) is 23.1. The first kappa shape index (κ1) is 20.6. The van der Waals surface area contributed by atoms with E-state index in [1.165, 1.54) is 25.0 Å². The van der Waals surface area contributed by atoms with Crippen molar-refractivity contribution < 1.29 is 9.53 Å². The minimum atomic E-state index is -0.440. The van der Waals surface area contributed by atoms with Crippen molar-refractivity contribution in [1.29, 1.82) is 0 Å². The number of alkyl carbamates (subject to hydrolysis) is 1. The highest BCUT2D eigenvalue weighted by molar-refractivity contribution is 7.99. The standard InChI is InChI=1S/C18H36N2O2S/c1-7-23-16-10-8-9-15(16)19-11-14(13(2)3)12-20-17(21)22-18(4,5)6/h13-16,19H,7-12H2,1-6H3,(H,20,21). The lowest BCUT2D eigenvalue weighted by Gasteiger charge is -2.27. The second-order valence-electron chi connectivity index (χ2n) is 7.83. The zero-order valence-electron chi connectivity index (χ0n) is 15.8. The molecule has 0 aromatic heterocycles. The Balaban J connectivity index is 2.39. The van der Waals surface area contributed by atoms with Crippen molar-refractivity contribution in [3.8, 4) is 0 Å². The minimum Gasteiger partial charge on any atom is -0.444 e. The highest BCUT2D eigenvalue weighted by Gasteiger charge is 2.28. The average molecular weight is 345 g/mol. The second kappa shape index (κ2) is 9.77. The van der Waals surface area contributed by atoms with Crippen LogP contribution in [0.5, 0.6) is 0 Å². The first-order chi connectivity index (χ1) is 10.7. The molecule has 5 heteroatoms. The van der Waals surface area contributed by atoms with Gasteiger partial charge in [-0.15, -0.1) is 0 Å². The smallest absolute Gasteiger partial charge is 0.407 e. The molecular weight excluding hydrogens is 308 g/mol. The van der Waals surface area contributed by atoms with E-state index < -0.39 is 5.60 Å². The minimum absolute atomic E-state index is 0.316. The fourth-order valence-corrected chi connectivity index (χ4v) is 4.17. The van der Waals surface area contributed by atoms with Crippen LogP contribution in [0, 0.1) is 11.8 Å². The molecule has 136 valence electrons. The zero-order valence-corrected chi connectivity index (χ0v) is 16.6. The van der Waals surface area contributed by atoms with E-state index in [0.29, 0.717) is 24.4 Å². The van der Waals surface area contributed by atoms with Crippen molar-refractivity contribution in [2.24, 2.45) is 11.8 Å². The molecule has 0 saturated heterocycles. The van der Waals surface area contributed by atoms with Gasteiger partial charge in [-0.25, -0.2) is 4.79 Å². The summed E-state index contributed by atoms with van der Waals surface area (Å²) in [5.74, 6) is 2.14. The molecule has 1 aliphatic rings. The molecule has 1 amide bonds. The number of nitrogens with one attached hydrogen (secondary N) is 2. The lowest BCUT2D eigenvalue weighted by molar-refractivity contribution is 0.0514. The number of thioether (sulfide) groups is 1. The van der Waals surface area contributed by atoms with Crippen LogP contribution >= 0.6 is 11.8 Å². The Morgan fingerprint density at radius 2 is 1.96 bits per heavy atom. The van der Waals surface area contributed by atoms with Gasteiger partial charge >= 0.3 is 6.09 Å². The van der Waals surface area contributed by atoms with Gasteiger partial charge in [0.05, 0.1) is 0 Å². The van der Waals surface area contributed by atoms with Crippen molar-refractivity contribution in [1.82, 2.24) is 10.6 Å². The summed E-state index contributed by atoms with van der Waals surface area (Å²) in [6, 6.07) is 0.628. The van der Waals surface area contributed by atoms with E-state index >= 15 is 0 Å². The average Bonchev–Trinajstić information content (AvgIpc) is 2.84. The molecule has 1 rings (SSSR count). The van der Waals surface area contributed by atoms with Gasteiger partial charge in [0.15, 0.2) is 0 Å². The van der Waals surface area contributed by atoms with Gasteiger partial charge < -0.3 is 15.4 Å². The van der Waals surface area contributed by atoms with Gasteiger partial charge in [-0.2, -0.15) is 11.8 Å². The van der Waals surface area contributed by atoms with Crippen molar-refractivity contribution in [2.45, 2.75) is 77.7 Å². The summed E-state index contributed by atoms with van der Waals surface area (Å²) in [5, 5.41) is 7.44. The van der Waals surface area contributed by atoms with Crippen LogP contribution in [-0.2, 0) is 4.74 Å². The first-order valence-electron chi connectivity index (χ1n) is 9.04. The quantitative estimate of drug-likeness (QED) is 0.697. The van der Waals surface area contributed by atoms with Crippen LogP contribution in [0.25, 0.3) is 0 Å². The summed E-state index contributed by atoms with van der Waals surface area (Å²) in [6.07, 6.45) is 3.63. The SMILES string of the molecule is CCSC1CCCC1NCC(CNC(=O)OC(C)(C)C)C(C)C. The topological polar surface area (TPSA) is 50.4 Å². The highest BCUT2D eigenvalue weighted by atomic mass is 32.2. The molecule has 1 aliphatic carbocycles. The summed E-state index contributed by atoms with van der Waals surface area (Å²) in [7, 11) is 0. The summed E-state index contributed by atoms with van der Waals surface area (Å²) >= 11 is 2.08. The summed E-state index contributed by atoms with van der Waals surface area (Å²) < 4.78 is 5.32. The van der Waals surface area contributed by atoms with Crippen LogP contribution in [-0.4, -0.2) is 41.8 Å². The molecule has 2 N–H and O–H groups in total. The maximum absolute atomic E-state index is 11.8. The summed E-state index contributed by atoms with van der Waals surface area (Å²) in [4.78, 5) is 11.8. The van der Waals surface area contributed by atoms with E-state index in [0.717, 1.165) is 11.8 Å². The molecule has 0 bridgehead atoms. The van der Waals surface area contributed by atoms with Crippen LogP contribution in [0.3, 0.4) is 0 Å². The molecule has 0 aliphatic heterocycles. The van der Waals surface area contributed by atoms with Crippen molar-refractivity contribution >= 4 is 17.9 Å². The van der Waals surface area contributed by atoms with Gasteiger partial charge in [-0.1, -0.05) is 27.2 Å². The summed E-state index contributed by atoms with van der Waals surface area (Å²) in [5.41, 5.74) is -0.440. The number of amides is 1. The molecule has 0 spiro atoms. The summed E-state index contributed by atoms with van der Waals surface area (Å²) in [6.45, 7) is 14.0. The van der Waals surface area contributed by atoms with Crippen LogP contribution in [0.15, 0.2) is 0 Å². The van der Waals surface area contributed by atoms with Gasteiger partial charge in [-0.3, -0.25) is 0 Å². The number of carbonyl (C=O) groups excluding carboxylic acids is 1. The number of rotatable bonds is 8. The largest absolute Gasteiger partial charge is 0.444 e. The van der Waals surface area contributed by atoms with E-state index in [2.05, 4.69) is 43.2 Å². The maximum Gasteiger partial charge on any atom is 0.407 e. The van der Waals surface area contributed by atoms with Gasteiger partial charge in [0.25, 0.3) is 0 Å². The van der Waals surface area contributed by atoms with Crippen molar-refractivity contribution in [2.75, 3.05) is 18.8 Å². The molecule has 23 heavy (non-hydrogen) atoms. The predicted molar refractivity (Wildman–Crippen MR) is 100 cm³/mol. The molecule has 1 saturated carbocycles. The number of ether oxygens (including phenoxy) is 1. The molecule has 1 fully saturated rings. The van der Waals surface area contributed by atoms with Crippen molar-refractivity contribution in [3.05, 3.63) is 0 Å². The Morgan fingerprint density at radius 3 is 2.52 bits per heavy atom. The Labute approximate surface area is 146 Å². The van der Waals surface area contributed by atoms with Crippen molar-refractivity contribution in [3.63, 3.8) is 0 Å². The molecule has 0 aromatic carbocycles. The lowest BCUT2D eigenvalue weighted by atomic mass is 9.95. The second-order valence-corrected chi connectivity index (χ2v) is 9.34. The lowest BCUT2D eigenvalue weighted by Crippen LogP contribution is -2.43. The first-order valence-corrected chi connectivity index (χ1v) is 10.1. The fraction of sp³-hybridized carbons (Fsp3) is 0.944. The molecule has 4 nitrogen and oxygen atoms in total. The van der Waals surface area contributed by atoms with Crippen LogP contribution in [0.4, 0.5) is 4.79 Å². The third-order valence-electron chi connectivity index (χ3n) is 4.33. The van der Waals surface area contributed by atoms with Gasteiger partial charge in [0.2, 0.25) is 0 Å². The Bertz CT molecular complexity index is 355. The maximum atomic E-state index is 11.8. The number of hydrogen-bond acceptors (Lipinski definition) is 4. The third kappa shape index (κ3) is 8.30. The highest BCUT2D eigenvalue weighted by Crippen LogP contribution is 2.30. The Morgan fingerprint density at radius 1 is 1.26 bits per heavy atom. The monoisotopic (exact) mass is 344 g/mol. The van der Waals surface area contributed by atoms with E-state index in [9.17, 15) is 4.79 Å². The van der Waals surface area contributed by atoms with E-state index in [1.807, 2.05) is 20.8 Å². The predicted octanol–water partition coefficient (Wildman–Crippen LogP) is 4.05. The zero-order chi connectivity index (χ0) is 17.5. The third-order valence-corrected chi connectivity index (χ3v) is 5.65.